The molecule has 0 saturated heterocycles. The second-order valence-corrected chi connectivity index (χ2v) is 1.22. The number of carboxylic acids is 1. The van der Waals surface area contributed by atoms with Gasteiger partial charge in [0.25, 0.3) is 0 Å². The first-order valence-electron chi connectivity index (χ1n) is 2.40. The summed E-state index contributed by atoms with van der Waals surface area (Å²) < 4.78 is 0. The summed E-state index contributed by atoms with van der Waals surface area (Å²) in [7, 11) is 0. The quantitative estimate of drug-likeness (QED) is 0.262. The third-order valence-electron chi connectivity index (χ3n) is 0.516. The Morgan fingerprint density at radius 1 is 1.78 bits per heavy atom. The van der Waals surface area contributed by atoms with Crippen LogP contribution in [0.4, 0.5) is 0 Å². The second kappa shape index (κ2) is 3.91. The maximum Gasteiger partial charge on any atom is 0.374 e. The molecule has 0 aromatic heterocycles. The van der Waals surface area contributed by atoms with Gasteiger partial charge in [0.1, 0.15) is 0 Å². The fourth-order valence-corrected chi connectivity index (χ4v) is 0.166. The van der Waals surface area contributed by atoms with E-state index in [1.165, 1.54) is 0 Å². The van der Waals surface area contributed by atoms with Gasteiger partial charge in [-0.05, 0) is 13.5 Å². The van der Waals surface area contributed by atoms with E-state index in [0.717, 1.165) is 0 Å². The minimum atomic E-state index is -1.22. The number of rotatable bonds is 4. The summed E-state index contributed by atoms with van der Waals surface area (Å²) in [4.78, 5) is 18.3. The molecule has 0 heterocycles. The Balaban J connectivity index is 3.39. The van der Waals surface area contributed by atoms with Crippen molar-refractivity contribution in [1.82, 2.24) is 0 Å². The molecule has 1 N–H and O–H groups in total. The zero-order valence-electron chi connectivity index (χ0n) is 5.09. The summed E-state index contributed by atoms with van der Waals surface area (Å²) >= 11 is 0. The molecule has 0 radical (unpaired) electrons. The summed E-state index contributed by atoms with van der Waals surface area (Å²) in [6, 6.07) is 0. The van der Waals surface area contributed by atoms with Crippen LogP contribution in [-0.4, -0.2) is 17.7 Å². The third kappa shape index (κ3) is 3.54. The van der Waals surface area contributed by atoms with Gasteiger partial charge in [-0.15, -0.1) is 0 Å². The molecule has 0 bridgehead atoms. The molecule has 0 aliphatic rings. The van der Waals surface area contributed by atoms with E-state index in [1.54, 1.807) is 6.92 Å². The van der Waals surface area contributed by atoms with Gasteiger partial charge < -0.3 is 9.99 Å². The van der Waals surface area contributed by atoms with Crippen molar-refractivity contribution in [2.75, 3.05) is 6.61 Å². The normalized spacial score (nSPS) is 8.56. The van der Waals surface area contributed by atoms with E-state index < -0.39 is 11.7 Å². The SMILES string of the molecule is C=C(OOCC)C(=O)O. The third-order valence-corrected chi connectivity index (χ3v) is 0.516. The Morgan fingerprint density at radius 2 is 2.33 bits per heavy atom. The average molecular weight is 132 g/mol. The highest BCUT2D eigenvalue weighted by molar-refractivity contribution is 5.83. The predicted octanol–water partition coefficient (Wildman–Crippen LogP) is 0.553. The molecule has 52 valence electrons. The average Bonchev–Trinajstić information content (AvgIpc) is 1.82. The fraction of sp³-hybridized carbons (Fsp3) is 0.400. The van der Waals surface area contributed by atoms with E-state index in [4.69, 9.17) is 5.11 Å². The molecule has 0 fully saturated rings. The van der Waals surface area contributed by atoms with Crippen molar-refractivity contribution in [1.29, 1.82) is 0 Å². The zero-order chi connectivity index (χ0) is 7.28. The molecule has 0 unspecified atom stereocenters. The first-order chi connectivity index (χ1) is 4.18. The van der Waals surface area contributed by atoms with Crippen LogP contribution in [0, 0.1) is 0 Å². The number of carbonyl (C=O) groups is 1. The van der Waals surface area contributed by atoms with Gasteiger partial charge in [0.15, 0.2) is 0 Å². The molecule has 0 aromatic rings. The summed E-state index contributed by atoms with van der Waals surface area (Å²) in [5.74, 6) is -1.62. The summed E-state index contributed by atoms with van der Waals surface area (Å²) in [6.07, 6.45) is 0. The van der Waals surface area contributed by atoms with Gasteiger partial charge in [0, 0.05) is 0 Å². The lowest BCUT2D eigenvalue weighted by molar-refractivity contribution is -0.259. The lowest BCUT2D eigenvalue weighted by Gasteiger charge is -1.99. The van der Waals surface area contributed by atoms with E-state index >= 15 is 0 Å². The van der Waals surface area contributed by atoms with Crippen LogP contribution in [0.5, 0.6) is 0 Å². The highest BCUT2D eigenvalue weighted by atomic mass is 17.2. The Morgan fingerprint density at radius 3 is 2.67 bits per heavy atom. The minimum Gasteiger partial charge on any atom is -0.475 e. The summed E-state index contributed by atoms with van der Waals surface area (Å²) in [5, 5.41) is 8.10. The van der Waals surface area contributed by atoms with Crippen molar-refractivity contribution < 1.29 is 19.7 Å². The lowest BCUT2D eigenvalue weighted by Crippen LogP contribution is -2.03. The van der Waals surface area contributed by atoms with E-state index in [9.17, 15) is 4.79 Å². The van der Waals surface area contributed by atoms with E-state index in [-0.39, 0.29) is 0 Å². The van der Waals surface area contributed by atoms with Gasteiger partial charge in [-0.25, -0.2) is 4.79 Å². The van der Waals surface area contributed by atoms with Crippen LogP contribution in [0.2, 0.25) is 0 Å². The Hall–Kier alpha value is -1.03. The van der Waals surface area contributed by atoms with Crippen LogP contribution in [0.15, 0.2) is 12.3 Å². The molecule has 0 aliphatic heterocycles. The standard InChI is InChI=1S/C5H8O4/c1-3-8-9-4(2)5(6)7/h2-3H2,1H3,(H,6,7). The fourth-order valence-electron chi connectivity index (χ4n) is 0.166. The summed E-state index contributed by atoms with van der Waals surface area (Å²) in [6.45, 7) is 5.02. The van der Waals surface area contributed by atoms with Gasteiger partial charge in [-0.2, -0.15) is 4.89 Å². The van der Waals surface area contributed by atoms with E-state index in [2.05, 4.69) is 16.4 Å². The predicted molar refractivity (Wildman–Crippen MR) is 29.5 cm³/mol. The molecule has 0 aliphatic carbocycles. The van der Waals surface area contributed by atoms with Crippen LogP contribution in [-0.2, 0) is 14.6 Å². The molecule has 9 heavy (non-hydrogen) atoms. The van der Waals surface area contributed by atoms with Gasteiger partial charge in [-0.1, -0.05) is 0 Å². The molecular formula is C5H8O4. The first kappa shape index (κ1) is 7.97. The Kier molecular flexibility index (Phi) is 3.46. The van der Waals surface area contributed by atoms with E-state index in [0.29, 0.717) is 6.61 Å². The van der Waals surface area contributed by atoms with Crippen LogP contribution in [0.25, 0.3) is 0 Å². The van der Waals surface area contributed by atoms with Crippen LogP contribution in [0.3, 0.4) is 0 Å². The highest BCUT2D eigenvalue weighted by Gasteiger charge is 2.03. The largest absolute Gasteiger partial charge is 0.475 e. The first-order valence-corrected chi connectivity index (χ1v) is 2.40. The summed E-state index contributed by atoms with van der Waals surface area (Å²) in [5.41, 5.74) is 0. The maximum absolute atomic E-state index is 9.90. The van der Waals surface area contributed by atoms with Crippen LogP contribution in [0.1, 0.15) is 6.92 Å². The maximum atomic E-state index is 9.90. The van der Waals surface area contributed by atoms with Crippen molar-refractivity contribution in [3.05, 3.63) is 12.3 Å². The zero-order valence-corrected chi connectivity index (χ0v) is 5.09. The van der Waals surface area contributed by atoms with Crippen LogP contribution >= 0.6 is 0 Å². The van der Waals surface area contributed by atoms with Crippen molar-refractivity contribution >= 4 is 5.97 Å². The van der Waals surface area contributed by atoms with Crippen molar-refractivity contribution in [2.45, 2.75) is 6.92 Å². The number of carboxylic acid groups (broad SMARTS) is 1. The van der Waals surface area contributed by atoms with E-state index in [1.807, 2.05) is 0 Å². The monoisotopic (exact) mass is 132 g/mol. The minimum absolute atomic E-state index is 0.298. The van der Waals surface area contributed by atoms with Gasteiger partial charge in [0.05, 0.1) is 6.61 Å². The molecule has 0 aromatic carbocycles. The van der Waals surface area contributed by atoms with Gasteiger partial charge >= 0.3 is 5.97 Å². The highest BCUT2D eigenvalue weighted by Crippen LogP contribution is 1.92. The molecule has 0 atom stereocenters. The van der Waals surface area contributed by atoms with Crippen molar-refractivity contribution in [3.8, 4) is 0 Å². The molecule has 0 rings (SSSR count). The number of hydrogen-bond acceptors (Lipinski definition) is 3. The van der Waals surface area contributed by atoms with Gasteiger partial charge in [-0.3, -0.25) is 0 Å². The lowest BCUT2D eigenvalue weighted by atomic mass is 10.6. The van der Waals surface area contributed by atoms with Crippen LogP contribution < -0.4 is 0 Å². The Labute approximate surface area is 52.6 Å². The number of aliphatic carboxylic acids is 1. The second-order valence-electron chi connectivity index (χ2n) is 1.22. The molecule has 4 heteroatoms. The topological polar surface area (TPSA) is 55.8 Å². The number of hydrogen-bond donors (Lipinski definition) is 1. The molecule has 0 amide bonds. The van der Waals surface area contributed by atoms with Gasteiger partial charge in [0.2, 0.25) is 5.76 Å². The van der Waals surface area contributed by atoms with Crippen molar-refractivity contribution in [3.63, 3.8) is 0 Å². The molecule has 0 saturated carbocycles. The molecule has 0 spiro atoms. The van der Waals surface area contributed by atoms with Crippen molar-refractivity contribution in [2.24, 2.45) is 0 Å². The molecular weight excluding hydrogens is 124 g/mol. The Bertz CT molecular complexity index is 118. The smallest absolute Gasteiger partial charge is 0.374 e. The molecule has 4 nitrogen and oxygen atoms in total.